The van der Waals surface area contributed by atoms with Crippen molar-refractivity contribution in [3.05, 3.63) is 24.2 Å². The maximum absolute atomic E-state index is 12.2. The number of hydrogen-bond acceptors (Lipinski definition) is 3. The lowest BCUT2D eigenvalue weighted by molar-refractivity contribution is -0.143. The smallest absolute Gasteiger partial charge is 0.401 e. The van der Waals surface area contributed by atoms with Gasteiger partial charge in [0.25, 0.3) is 0 Å². The van der Waals surface area contributed by atoms with Crippen LogP contribution in [0.2, 0.25) is 0 Å². The number of halogens is 3. The van der Waals surface area contributed by atoms with Gasteiger partial charge in [0.15, 0.2) is 0 Å². The third kappa shape index (κ3) is 4.76. The molecular weight excluding hydrogens is 275 g/mol. The van der Waals surface area contributed by atoms with Crippen LogP contribution >= 0.6 is 0 Å². The molecule has 0 spiro atoms. The van der Waals surface area contributed by atoms with Crippen molar-refractivity contribution in [3.63, 3.8) is 0 Å². The number of likely N-dealkylation sites (tertiary alicyclic amines) is 1. The number of urea groups is 1. The fraction of sp³-hybridized carbons (Fsp3) is 0.583. The summed E-state index contributed by atoms with van der Waals surface area (Å²) in [6.45, 7) is -0.132. The lowest BCUT2D eigenvalue weighted by Gasteiger charge is -2.18. The van der Waals surface area contributed by atoms with E-state index in [0.29, 0.717) is 18.7 Å². The van der Waals surface area contributed by atoms with E-state index >= 15 is 0 Å². The quantitative estimate of drug-likeness (QED) is 0.888. The molecule has 8 heteroatoms. The van der Waals surface area contributed by atoms with Gasteiger partial charge in [0.2, 0.25) is 0 Å². The van der Waals surface area contributed by atoms with Crippen LogP contribution in [0.3, 0.4) is 0 Å². The fourth-order valence-corrected chi connectivity index (χ4v) is 2.16. The first-order valence-corrected chi connectivity index (χ1v) is 6.28. The van der Waals surface area contributed by atoms with Crippen LogP contribution in [0.25, 0.3) is 0 Å². The Kier molecular flexibility index (Phi) is 4.53. The number of alkyl halides is 3. The molecule has 2 rings (SSSR count). The number of furan rings is 1. The van der Waals surface area contributed by atoms with E-state index in [2.05, 4.69) is 10.6 Å². The number of rotatable bonds is 4. The predicted octanol–water partition coefficient (Wildman–Crippen LogP) is 1.72. The number of nitrogens with one attached hydrogen (secondary N) is 2. The summed E-state index contributed by atoms with van der Waals surface area (Å²) in [6, 6.07) is 2.77. The number of hydrogen-bond donors (Lipinski definition) is 2. The summed E-state index contributed by atoms with van der Waals surface area (Å²) in [4.78, 5) is 12.9. The highest BCUT2D eigenvalue weighted by Crippen LogP contribution is 2.19. The zero-order valence-electron chi connectivity index (χ0n) is 10.7. The van der Waals surface area contributed by atoms with Crippen LogP contribution < -0.4 is 10.6 Å². The molecule has 1 saturated heterocycles. The van der Waals surface area contributed by atoms with Gasteiger partial charge in [-0.3, -0.25) is 4.90 Å². The molecular formula is C12H16F3N3O2. The van der Waals surface area contributed by atoms with E-state index in [1.165, 1.54) is 11.2 Å². The third-order valence-corrected chi connectivity index (χ3v) is 3.01. The Hall–Kier alpha value is -1.70. The van der Waals surface area contributed by atoms with Gasteiger partial charge in [0.1, 0.15) is 5.76 Å². The van der Waals surface area contributed by atoms with Crippen molar-refractivity contribution >= 4 is 6.03 Å². The van der Waals surface area contributed by atoms with Crippen LogP contribution in [-0.2, 0) is 6.54 Å². The highest BCUT2D eigenvalue weighted by molar-refractivity contribution is 5.74. The summed E-state index contributed by atoms with van der Waals surface area (Å²) >= 11 is 0. The lowest BCUT2D eigenvalue weighted by Crippen LogP contribution is -2.43. The second kappa shape index (κ2) is 6.17. The minimum atomic E-state index is -4.20. The molecule has 1 atom stereocenters. The Morgan fingerprint density at radius 3 is 2.95 bits per heavy atom. The standard InChI is InChI=1S/C12H16F3N3O2/c13-12(14,15)8-18-4-3-9(7-18)17-11(19)16-6-10-2-1-5-20-10/h1-2,5,9H,3-4,6-8H2,(H2,16,17,19). The molecule has 0 bridgehead atoms. The highest BCUT2D eigenvalue weighted by atomic mass is 19.4. The first-order chi connectivity index (χ1) is 9.42. The van der Waals surface area contributed by atoms with Gasteiger partial charge >= 0.3 is 12.2 Å². The molecule has 5 nitrogen and oxygen atoms in total. The molecule has 1 aromatic heterocycles. The van der Waals surface area contributed by atoms with Crippen molar-refractivity contribution in [2.45, 2.75) is 25.2 Å². The van der Waals surface area contributed by atoms with Gasteiger partial charge < -0.3 is 15.1 Å². The van der Waals surface area contributed by atoms with Crippen molar-refractivity contribution in [1.82, 2.24) is 15.5 Å². The Balaban J connectivity index is 1.68. The van der Waals surface area contributed by atoms with E-state index in [1.54, 1.807) is 12.1 Å². The minimum Gasteiger partial charge on any atom is -0.467 e. The zero-order chi connectivity index (χ0) is 14.6. The maximum Gasteiger partial charge on any atom is 0.401 e. The first kappa shape index (κ1) is 14.7. The first-order valence-electron chi connectivity index (χ1n) is 6.28. The second-order valence-corrected chi connectivity index (χ2v) is 4.74. The van der Waals surface area contributed by atoms with E-state index in [-0.39, 0.29) is 19.1 Å². The normalized spacial score (nSPS) is 20.1. The summed E-state index contributed by atoms with van der Waals surface area (Å²) in [6.07, 6.45) is -2.18. The van der Waals surface area contributed by atoms with Crippen molar-refractivity contribution in [2.75, 3.05) is 19.6 Å². The van der Waals surface area contributed by atoms with Gasteiger partial charge in [-0.15, -0.1) is 0 Å². The molecule has 112 valence electrons. The van der Waals surface area contributed by atoms with Gasteiger partial charge in [-0.1, -0.05) is 0 Å². The maximum atomic E-state index is 12.2. The average molecular weight is 291 g/mol. The van der Waals surface area contributed by atoms with Crippen molar-refractivity contribution < 1.29 is 22.4 Å². The van der Waals surface area contributed by atoms with E-state index in [4.69, 9.17) is 4.42 Å². The van der Waals surface area contributed by atoms with Gasteiger partial charge in [-0.2, -0.15) is 13.2 Å². The molecule has 1 aliphatic rings. The number of carbonyl (C=O) groups excluding carboxylic acids is 1. The zero-order valence-corrected chi connectivity index (χ0v) is 10.7. The summed E-state index contributed by atoms with van der Waals surface area (Å²) in [5.74, 6) is 0.616. The van der Waals surface area contributed by atoms with Gasteiger partial charge in [0, 0.05) is 19.1 Å². The topological polar surface area (TPSA) is 57.5 Å². The Morgan fingerprint density at radius 2 is 2.30 bits per heavy atom. The molecule has 1 aromatic rings. The van der Waals surface area contributed by atoms with Gasteiger partial charge in [-0.05, 0) is 18.6 Å². The molecule has 0 saturated carbocycles. The molecule has 1 aliphatic heterocycles. The molecule has 2 heterocycles. The molecule has 0 radical (unpaired) electrons. The fourth-order valence-electron chi connectivity index (χ4n) is 2.16. The molecule has 2 N–H and O–H groups in total. The van der Waals surface area contributed by atoms with Crippen molar-refractivity contribution in [1.29, 1.82) is 0 Å². The van der Waals surface area contributed by atoms with Crippen LogP contribution in [0.1, 0.15) is 12.2 Å². The minimum absolute atomic E-state index is 0.216. The van der Waals surface area contributed by atoms with Crippen LogP contribution in [0.15, 0.2) is 22.8 Å². The Morgan fingerprint density at radius 1 is 1.50 bits per heavy atom. The summed E-state index contributed by atoms with van der Waals surface area (Å²) in [5.41, 5.74) is 0. The lowest BCUT2D eigenvalue weighted by atomic mass is 10.3. The molecule has 1 fully saturated rings. The van der Waals surface area contributed by atoms with Crippen LogP contribution in [-0.4, -0.2) is 42.8 Å². The van der Waals surface area contributed by atoms with Crippen molar-refractivity contribution in [3.8, 4) is 0 Å². The highest BCUT2D eigenvalue weighted by Gasteiger charge is 2.34. The van der Waals surface area contributed by atoms with Gasteiger partial charge in [-0.25, -0.2) is 4.79 Å². The average Bonchev–Trinajstić information content (AvgIpc) is 2.96. The monoisotopic (exact) mass is 291 g/mol. The molecule has 1 unspecified atom stereocenters. The summed E-state index contributed by atoms with van der Waals surface area (Å²) in [7, 11) is 0. The van der Waals surface area contributed by atoms with Crippen LogP contribution in [0.5, 0.6) is 0 Å². The second-order valence-electron chi connectivity index (χ2n) is 4.74. The third-order valence-electron chi connectivity index (χ3n) is 3.01. The Labute approximate surface area is 114 Å². The molecule has 20 heavy (non-hydrogen) atoms. The number of nitrogens with zero attached hydrogens (tertiary/aromatic N) is 1. The largest absolute Gasteiger partial charge is 0.467 e. The van der Waals surface area contributed by atoms with Crippen molar-refractivity contribution in [2.24, 2.45) is 0 Å². The molecule has 0 aromatic carbocycles. The number of carbonyl (C=O) groups is 1. The van der Waals surface area contributed by atoms with E-state index in [9.17, 15) is 18.0 Å². The molecule has 0 aliphatic carbocycles. The summed E-state index contributed by atoms with van der Waals surface area (Å²) < 4.78 is 41.7. The van der Waals surface area contributed by atoms with E-state index in [1.807, 2.05) is 0 Å². The van der Waals surface area contributed by atoms with Crippen LogP contribution in [0.4, 0.5) is 18.0 Å². The Bertz CT molecular complexity index is 434. The van der Waals surface area contributed by atoms with Crippen LogP contribution in [0, 0.1) is 0 Å². The molecule has 2 amide bonds. The predicted molar refractivity (Wildman–Crippen MR) is 65.0 cm³/mol. The van der Waals surface area contributed by atoms with E-state index < -0.39 is 18.8 Å². The van der Waals surface area contributed by atoms with E-state index in [0.717, 1.165) is 0 Å². The van der Waals surface area contributed by atoms with Gasteiger partial charge in [0.05, 0.1) is 19.4 Å². The summed E-state index contributed by atoms with van der Waals surface area (Å²) in [5, 5.41) is 5.25. The number of amides is 2. The SMILES string of the molecule is O=C(NCc1ccco1)NC1CCN(CC(F)(F)F)C1.